The lowest BCUT2D eigenvalue weighted by Gasteiger charge is -2.32. The molecule has 0 bridgehead atoms. The first-order chi connectivity index (χ1) is 25.5. The van der Waals surface area contributed by atoms with Gasteiger partial charge in [-0.3, -0.25) is 19.7 Å². The minimum absolute atomic E-state index is 0.0230. The Hall–Kier alpha value is -5.27. The molecule has 0 radical (unpaired) electrons. The van der Waals surface area contributed by atoms with Crippen molar-refractivity contribution in [1.29, 1.82) is 0 Å². The van der Waals surface area contributed by atoms with Gasteiger partial charge in [0.1, 0.15) is 6.33 Å². The molecule has 5 heterocycles. The number of nitrogens with one attached hydrogen (secondary N) is 2. The van der Waals surface area contributed by atoms with Crippen molar-refractivity contribution < 1.29 is 23.6 Å². The fraction of sp³-hybridized carbons (Fsp3) is 0.425. The number of amides is 3. The SMILES string of the molecule is Cc1cc(-c2ncnn3cc(COCCN4CCC(c5ccc(C6CCC(=O)NC6=O)cc5)CC4)cc23)ccc1CNC(=O)c1noc(C(C)(C)C)n1. The summed E-state index contributed by atoms with van der Waals surface area (Å²) in [6.45, 7) is 12.2. The summed E-state index contributed by atoms with van der Waals surface area (Å²) in [5.41, 5.74) is 7.64. The molecule has 2 aromatic carbocycles. The molecule has 2 saturated heterocycles. The monoisotopic (exact) mass is 718 g/mol. The van der Waals surface area contributed by atoms with E-state index >= 15 is 0 Å². The van der Waals surface area contributed by atoms with Gasteiger partial charge in [0.2, 0.25) is 17.7 Å². The molecule has 5 aromatic rings. The van der Waals surface area contributed by atoms with Crippen LogP contribution in [0, 0.1) is 6.92 Å². The van der Waals surface area contributed by atoms with Gasteiger partial charge in [0, 0.05) is 36.7 Å². The lowest BCUT2D eigenvalue weighted by Crippen LogP contribution is -2.39. The molecular weight excluding hydrogens is 672 g/mol. The summed E-state index contributed by atoms with van der Waals surface area (Å²) in [4.78, 5) is 47.7. The van der Waals surface area contributed by atoms with Crippen molar-refractivity contribution in [3.05, 3.63) is 101 Å². The van der Waals surface area contributed by atoms with Crippen molar-refractivity contribution in [2.24, 2.45) is 0 Å². The van der Waals surface area contributed by atoms with Gasteiger partial charge < -0.3 is 19.5 Å². The second-order valence-corrected chi connectivity index (χ2v) is 15.1. The number of hydrogen-bond acceptors (Lipinski definition) is 10. The summed E-state index contributed by atoms with van der Waals surface area (Å²) in [6, 6.07) is 16.6. The quantitative estimate of drug-likeness (QED) is 0.137. The van der Waals surface area contributed by atoms with Gasteiger partial charge >= 0.3 is 0 Å². The van der Waals surface area contributed by atoms with Crippen molar-refractivity contribution in [1.82, 2.24) is 40.3 Å². The average Bonchev–Trinajstić information content (AvgIpc) is 3.82. The Kier molecular flexibility index (Phi) is 10.5. The number of rotatable bonds is 11. The van der Waals surface area contributed by atoms with E-state index in [0.29, 0.717) is 44.4 Å². The van der Waals surface area contributed by atoms with Gasteiger partial charge in [-0.2, -0.15) is 10.1 Å². The molecule has 13 heteroatoms. The minimum atomic E-state index is -0.384. The van der Waals surface area contributed by atoms with E-state index in [1.165, 1.54) is 5.56 Å². The number of benzene rings is 2. The summed E-state index contributed by atoms with van der Waals surface area (Å²) in [6.07, 6.45) is 6.67. The third-order valence-corrected chi connectivity index (χ3v) is 10.2. The molecule has 0 aliphatic carbocycles. The Morgan fingerprint density at radius 3 is 2.53 bits per heavy atom. The van der Waals surface area contributed by atoms with Crippen molar-refractivity contribution in [2.45, 2.75) is 83.8 Å². The van der Waals surface area contributed by atoms with Crippen molar-refractivity contribution in [3.63, 3.8) is 0 Å². The number of carbonyl (C=O) groups is 3. The fourth-order valence-electron chi connectivity index (χ4n) is 7.09. The van der Waals surface area contributed by atoms with E-state index in [1.807, 2.05) is 50.5 Å². The maximum absolute atomic E-state index is 12.7. The summed E-state index contributed by atoms with van der Waals surface area (Å²) < 4.78 is 13.2. The molecule has 1 atom stereocenters. The third-order valence-electron chi connectivity index (χ3n) is 10.2. The number of hydrogen-bond donors (Lipinski definition) is 2. The summed E-state index contributed by atoms with van der Waals surface area (Å²) in [7, 11) is 0. The molecule has 0 spiro atoms. The van der Waals surface area contributed by atoms with E-state index in [2.05, 4.69) is 72.2 Å². The number of aryl methyl sites for hydroxylation is 1. The van der Waals surface area contributed by atoms with Gasteiger partial charge in [-0.1, -0.05) is 62.3 Å². The molecule has 7 rings (SSSR count). The number of aromatic nitrogens is 5. The predicted octanol–water partition coefficient (Wildman–Crippen LogP) is 5.23. The summed E-state index contributed by atoms with van der Waals surface area (Å²) >= 11 is 0. The van der Waals surface area contributed by atoms with E-state index in [4.69, 9.17) is 9.26 Å². The van der Waals surface area contributed by atoms with Crippen molar-refractivity contribution in [2.75, 3.05) is 26.2 Å². The zero-order valence-corrected chi connectivity index (χ0v) is 30.7. The number of piperidine rings is 2. The first kappa shape index (κ1) is 36.1. The maximum Gasteiger partial charge on any atom is 0.292 e. The van der Waals surface area contributed by atoms with Crippen molar-refractivity contribution in [3.8, 4) is 11.3 Å². The van der Waals surface area contributed by atoms with Gasteiger partial charge in [-0.25, -0.2) is 9.50 Å². The number of nitrogens with zero attached hydrogens (tertiary/aromatic N) is 6. The second-order valence-electron chi connectivity index (χ2n) is 15.1. The highest BCUT2D eigenvalue weighted by atomic mass is 16.5. The molecule has 276 valence electrons. The first-order valence-electron chi connectivity index (χ1n) is 18.3. The van der Waals surface area contributed by atoms with Crippen molar-refractivity contribution >= 4 is 23.2 Å². The number of likely N-dealkylation sites (tertiary alicyclic amines) is 1. The van der Waals surface area contributed by atoms with Gasteiger partial charge in [0.05, 0.1) is 30.3 Å². The van der Waals surface area contributed by atoms with Crippen LogP contribution in [0.2, 0.25) is 0 Å². The van der Waals surface area contributed by atoms with Crippen LogP contribution < -0.4 is 10.6 Å². The van der Waals surface area contributed by atoms with Crippen LogP contribution in [0.15, 0.2) is 65.6 Å². The van der Waals surface area contributed by atoms with E-state index in [-0.39, 0.29) is 34.9 Å². The second kappa shape index (κ2) is 15.4. The van der Waals surface area contributed by atoms with E-state index < -0.39 is 0 Å². The topological polar surface area (TPSA) is 157 Å². The largest absolute Gasteiger partial charge is 0.375 e. The van der Waals surface area contributed by atoms with Gasteiger partial charge in [0.15, 0.2) is 0 Å². The Morgan fingerprint density at radius 1 is 1.04 bits per heavy atom. The van der Waals surface area contributed by atoms with Gasteiger partial charge in [-0.15, -0.1) is 0 Å². The molecule has 53 heavy (non-hydrogen) atoms. The smallest absolute Gasteiger partial charge is 0.292 e. The number of carbonyl (C=O) groups excluding carboxylic acids is 3. The molecule has 2 fully saturated rings. The zero-order chi connectivity index (χ0) is 37.1. The number of ether oxygens (including phenoxy) is 1. The normalized spacial score (nSPS) is 17.3. The molecule has 2 aliphatic rings. The number of fused-ring (bicyclic) bond motifs is 1. The fourth-order valence-corrected chi connectivity index (χ4v) is 7.09. The van der Waals surface area contributed by atoms with Crippen LogP contribution in [0.4, 0.5) is 0 Å². The Balaban J connectivity index is 0.878. The molecule has 2 N–H and O–H groups in total. The molecule has 0 saturated carbocycles. The molecule has 1 unspecified atom stereocenters. The van der Waals surface area contributed by atoms with Crippen LogP contribution in [-0.4, -0.2) is 73.6 Å². The van der Waals surface area contributed by atoms with Gasteiger partial charge in [0.25, 0.3) is 11.7 Å². The first-order valence-corrected chi connectivity index (χ1v) is 18.3. The zero-order valence-electron chi connectivity index (χ0n) is 30.7. The third kappa shape index (κ3) is 8.36. The van der Waals surface area contributed by atoms with E-state index in [0.717, 1.165) is 71.5 Å². The molecule has 3 amide bonds. The van der Waals surface area contributed by atoms with E-state index in [9.17, 15) is 14.4 Å². The molecular formula is C40H46N8O5. The summed E-state index contributed by atoms with van der Waals surface area (Å²) in [5, 5.41) is 13.6. The van der Waals surface area contributed by atoms with Crippen LogP contribution in [0.3, 0.4) is 0 Å². The highest BCUT2D eigenvalue weighted by Gasteiger charge is 2.29. The Labute approximate surface area is 308 Å². The minimum Gasteiger partial charge on any atom is -0.375 e. The standard InChI is InChI=1S/C40H46N8O5/c1-25-19-30(9-10-31(25)21-41-38(51)36-45-39(53-46-36)40(2,3)4)35-33-20-26(22-48(33)43-24-42-35)23-52-18-17-47-15-13-28(14-16-47)27-5-7-29(8-6-27)32-11-12-34(49)44-37(32)50/h5-10,19-20,22,24,28,32H,11-18,21,23H2,1-4H3,(H,41,51)(H,44,49,50). The van der Waals surface area contributed by atoms with Crippen LogP contribution in [-0.2, 0) is 32.9 Å². The molecule has 3 aromatic heterocycles. The Bertz CT molecular complexity index is 2110. The van der Waals surface area contributed by atoms with Crippen LogP contribution in [0.25, 0.3) is 16.8 Å². The lowest BCUT2D eigenvalue weighted by molar-refractivity contribution is -0.134. The highest BCUT2D eigenvalue weighted by molar-refractivity contribution is 6.00. The van der Waals surface area contributed by atoms with Crippen LogP contribution in [0.1, 0.15) is 103 Å². The molecule has 13 nitrogen and oxygen atoms in total. The number of imide groups is 1. The average molecular weight is 719 g/mol. The maximum atomic E-state index is 12.7. The highest BCUT2D eigenvalue weighted by Crippen LogP contribution is 2.31. The Morgan fingerprint density at radius 2 is 1.81 bits per heavy atom. The van der Waals surface area contributed by atoms with Crippen LogP contribution >= 0.6 is 0 Å². The van der Waals surface area contributed by atoms with Gasteiger partial charge in [-0.05, 0) is 85.1 Å². The summed E-state index contributed by atoms with van der Waals surface area (Å²) in [5.74, 6) is -0.0611. The lowest BCUT2D eigenvalue weighted by atomic mass is 9.86. The predicted molar refractivity (Wildman–Crippen MR) is 197 cm³/mol. The molecule has 2 aliphatic heterocycles. The van der Waals surface area contributed by atoms with E-state index in [1.54, 1.807) is 6.33 Å². The van der Waals surface area contributed by atoms with Crippen LogP contribution in [0.5, 0.6) is 0 Å².